The van der Waals surface area contributed by atoms with Crippen LogP contribution in [0, 0.1) is 17.8 Å². The van der Waals surface area contributed by atoms with Gasteiger partial charge in [-0.05, 0) is 69.1 Å². The number of aliphatic hydroxyl groups is 1. The van der Waals surface area contributed by atoms with Gasteiger partial charge in [0.1, 0.15) is 19.3 Å². The number of allylic oxidation sites excluding steroid dienone is 4. The average Bonchev–Trinajstić information content (AvgIpc) is 1.21. The van der Waals surface area contributed by atoms with Gasteiger partial charge in [-0.15, -0.1) is 0 Å². The smallest absolute Gasteiger partial charge is 0.462 e. The molecule has 0 aromatic carbocycles. The van der Waals surface area contributed by atoms with E-state index in [2.05, 4.69) is 72.8 Å². The van der Waals surface area contributed by atoms with Gasteiger partial charge < -0.3 is 33.8 Å². The fourth-order valence-corrected chi connectivity index (χ4v) is 12.8. The van der Waals surface area contributed by atoms with Crippen LogP contribution in [0.15, 0.2) is 24.3 Å². The molecule has 0 aliphatic heterocycles. The number of esters is 4. The largest absolute Gasteiger partial charge is 0.472 e. The first-order chi connectivity index (χ1) is 46.3. The summed E-state index contributed by atoms with van der Waals surface area (Å²) in [7, 11) is -9.92. The van der Waals surface area contributed by atoms with Crippen LogP contribution in [-0.2, 0) is 65.4 Å². The molecular formula is C77H146O17P2. The van der Waals surface area contributed by atoms with Crippen molar-refractivity contribution in [1.82, 2.24) is 0 Å². The first kappa shape index (κ1) is 93.5. The maximum Gasteiger partial charge on any atom is 0.472 e. The zero-order valence-electron chi connectivity index (χ0n) is 62.3. The molecule has 0 saturated carbocycles. The van der Waals surface area contributed by atoms with Crippen molar-refractivity contribution >= 4 is 39.5 Å². The summed E-state index contributed by atoms with van der Waals surface area (Å²) in [6.45, 7) is 11.8. The number of ether oxygens (including phenoxy) is 4. The predicted molar refractivity (Wildman–Crippen MR) is 390 cm³/mol. The molecule has 19 heteroatoms. The molecule has 0 fully saturated rings. The molecular weight excluding hydrogens is 1260 g/mol. The maximum absolute atomic E-state index is 13.1. The summed E-state index contributed by atoms with van der Waals surface area (Å²) in [4.78, 5) is 72.7. The second-order valence-corrected chi connectivity index (χ2v) is 30.9. The highest BCUT2D eigenvalue weighted by Crippen LogP contribution is 2.45. The highest BCUT2D eigenvalue weighted by molar-refractivity contribution is 7.47. The first-order valence-corrected chi connectivity index (χ1v) is 42.2. The Bertz CT molecular complexity index is 1970. The molecule has 0 aromatic heterocycles. The van der Waals surface area contributed by atoms with E-state index in [4.69, 9.17) is 37.0 Å². The molecule has 0 amide bonds. The highest BCUT2D eigenvalue weighted by Gasteiger charge is 2.30. The Balaban J connectivity index is 5.22. The number of hydrogen-bond donors (Lipinski definition) is 3. The van der Waals surface area contributed by atoms with Gasteiger partial charge in [0.05, 0.1) is 26.4 Å². The quantitative estimate of drug-likeness (QED) is 0.0169. The van der Waals surface area contributed by atoms with Gasteiger partial charge >= 0.3 is 39.5 Å². The number of phosphoric ester groups is 2. The van der Waals surface area contributed by atoms with E-state index in [1.54, 1.807) is 0 Å². The van der Waals surface area contributed by atoms with Crippen LogP contribution in [0.2, 0.25) is 0 Å². The van der Waals surface area contributed by atoms with Crippen LogP contribution >= 0.6 is 15.6 Å². The molecule has 0 heterocycles. The van der Waals surface area contributed by atoms with Gasteiger partial charge in [0.2, 0.25) is 0 Å². The van der Waals surface area contributed by atoms with Crippen LogP contribution in [0.4, 0.5) is 0 Å². The Kier molecular flexibility index (Phi) is 65.3. The van der Waals surface area contributed by atoms with Crippen molar-refractivity contribution in [3.8, 4) is 0 Å². The van der Waals surface area contributed by atoms with E-state index >= 15 is 0 Å². The summed E-state index contributed by atoms with van der Waals surface area (Å²) in [6.07, 6.45) is 56.6. The maximum atomic E-state index is 13.1. The van der Waals surface area contributed by atoms with Crippen molar-refractivity contribution in [2.75, 3.05) is 39.6 Å². The van der Waals surface area contributed by atoms with E-state index in [1.807, 2.05) is 0 Å². The zero-order chi connectivity index (χ0) is 70.9. The van der Waals surface area contributed by atoms with Crippen molar-refractivity contribution in [1.29, 1.82) is 0 Å². The molecule has 0 bridgehead atoms. The van der Waals surface area contributed by atoms with E-state index in [1.165, 1.54) is 161 Å². The molecule has 17 nitrogen and oxygen atoms in total. The summed E-state index contributed by atoms with van der Waals surface area (Å²) in [5.74, 6) is 0.116. The third-order valence-corrected chi connectivity index (χ3v) is 19.9. The number of unbranched alkanes of at least 4 members (excludes halogenated alkanes) is 36. The first-order valence-electron chi connectivity index (χ1n) is 39.2. The molecule has 0 saturated heterocycles. The van der Waals surface area contributed by atoms with Crippen LogP contribution in [0.3, 0.4) is 0 Å². The fourth-order valence-electron chi connectivity index (χ4n) is 11.2. The lowest BCUT2D eigenvalue weighted by Crippen LogP contribution is -2.30. The van der Waals surface area contributed by atoms with Crippen LogP contribution in [-0.4, -0.2) is 96.7 Å². The van der Waals surface area contributed by atoms with Crippen molar-refractivity contribution in [2.24, 2.45) is 17.8 Å². The fraction of sp³-hybridized carbons (Fsp3) is 0.896. The minimum Gasteiger partial charge on any atom is -0.462 e. The topological polar surface area (TPSA) is 237 Å². The molecule has 0 aromatic rings. The van der Waals surface area contributed by atoms with Crippen LogP contribution in [0.1, 0.15) is 370 Å². The van der Waals surface area contributed by atoms with Gasteiger partial charge in [-0.2, -0.15) is 0 Å². The molecule has 7 atom stereocenters. The molecule has 566 valence electrons. The van der Waals surface area contributed by atoms with Gasteiger partial charge in [-0.25, -0.2) is 9.13 Å². The highest BCUT2D eigenvalue weighted by atomic mass is 31.2. The Hall–Kier alpha value is -2.46. The molecule has 0 aliphatic rings. The van der Waals surface area contributed by atoms with Crippen molar-refractivity contribution in [3.63, 3.8) is 0 Å². The molecule has 0 rings (SSSR count). The molecule has 0 spiro atoms. The minimum atomic E-state index is -4.97. The second-order valence-electron chi connectivity index (χ2n) is 28.0. The van der Waals surface area contributed by atoms with Crippen LogP contribution in [0.5, 0.6) is 0 Å². The van der Waals surface area contributed by atoms with E-state index in [0.717, 1.165) is 127 Å². The van der Waals surface area contributed by atoms with Crippen molar-refractivity contribution in [3.05, 3.63) is 24.3 Å². The Labute approximate surface area is 586 Å². The van der Waals surface area contributed by atoms with Gasteiger partial charge in [-0.1, -0.05) is 317 Å². The van der Waals surface area contributed by atoms with Crippen LogP contribution in [0.25, 0.3) is 0 Å². The number of rotatable bonds is 73. The number of aliphatic hydroxyl groups excluding tert-OH is 1. The third-order valence-electron chi connectivity index (χ3n) is 18.0. The van der Waals surface area contributed by atoms with Crippen molar-refractivity contribution in [2.45, 2.75) is 388 Å². The summed E-state index contributed by atoms with van der Waals surface area (Å²) in [5, 5.41) is 10.6. The standard InChI is InChI=1S/C77H146O17P2/c1-8-11-12-13-14-15-16-17-22-27-30-33-36-46-53-60-76(81)93-72(64-87-74(79)58-51-44-35-32-29-26-24-21-19-18-20-23-25-28-31-34-41-48-55-68(4)5)66-91-95(83,84)89-62-71(78)63-90-96(85,86)92-67-73(94-77(82)61-54-47-40-38-43-50-57-70(7)10-3)65-88-75(80)59-52-45-39-37-42-49-56-69(6)9-2/h15-17,22,68-73,78H,8-14,18-21,23-67H2,1-7H3,(H,83,84)(H,85,86)/b16-15-,22-17-/t69?,70?,71-,72-,73-/m1/s1. The molecule has 0 aliphatic carbocycles. The summed E-state index contributed by atoms with van der Waals surface area (Å²) in [5.41, 5.74) is 0. The number of carbonyl (C=O) groups excluding carboxylic acids is 4. The molecule has 4 unspecified atom stereocenters. The number of carbonyl (C=O) groups is 4. The lowest BCUT2D eigenvalue weighted by atomic mass is 10.00. The van der Waals surface area contributed by atoms with E-state index in [-0.39, 0.29) is 25.7 Å². The molecule has 0 radical (unpaired) electrons. The van der Waals surface area contributed by atoms with Gasteiger partial charge in [0.15, 0.2) is 12.2 Å². The second kappa shape index (κ2) is 67.1. The van der Waals surface area contributed by atoms with E-state index in [0.29, 0.717) is 25.7 Å². The predicted octanol–water partition coefficient (Wildman–Crippen LogP) is 22.1. The molecule has 96 heavy (non-hydrogen) atoms. The lowest BCUT2D eigenvalue weighted by Gasteiger charge is -2.21. The number of phosphoric acid groups is 2. The SMILES string of the molecule is CCCCCC/C=C\C=C/CCCCCCCC(=O)O[C@H](COC(=O)CCCCCCCCCCCCCCCCCCCCC(C)C)COP(=O)(O)OC[C@@H](O)COP(=O)(O)OC[C@@H](COC(=O)CCCCCCCCC(C)CC)OC(=O)CCCCCCCCC(C)CC. The summed E-state index contributed by atoms with van der Waals surface area (Å²) in [6, 6.07) is 0. The van der Waals surface area contributed by atoms with E-state index < -0.39 is 97.5 Å². The monoisotopic (exact) mass is 1410 g/mol. The van der Waals surface area contributed by atoms with Gasteiger partial charge in [-0.3, -0.25) is 37.3 Å². The normalized spacial score (nSPS) is 14.8. The minimum absolute atomic E-state index is 0.0849. The summed E-state index contributed by atoms with van der Waals surface area (Å²) < 4.78 is 68.4. The average molecular weight is 1410 g/mol. The van der Waals surface area contributed by atoms with Gasteiger partial charge in [0.25, 0.3) is 0 Å². The zero-order valence-corrected chi connectivity index (χ0v) is 64.1. The van der Waals surface area contributed by atoms with Gasteiger partial charge in [0, 0.05) is 25.7 Å². The Morgan fingerprint density at radius 2 is 0.615 bits per heavy atom. The lowest BCUT2D eigenvalue weighted by molar-refractivity contribution is -0.161. The molecule has 3 N–H and O–H groups in total. The Morgan fingerprint density at radius 1 is 0.344 bits per heavy atom. The number of hydrogen-bond acceptors (Lipinski definition) is 15. The van der Waals surface area contributed by atoms with Crippen LogP contribution < -0.4 is 0 Å². The van der Waals surface area contributed by atoms with Crippen molar-refractivity contribution < 1.29 is 80.2 Å². The van der Waals surface area contributed by atoms with E-state index in [9.17, 15) is 43.2 Å². The summed E-state index contributed by atoms with van der Waals surface area (Å²) >= 11 is 0. The third kappa shape index (κ3) is 67.4. The Morgan fingerprint density at radius 3 is 0.927 bits per heavy atom.